The molecule has 120 valence electrons. The molecular formula is C22H14O3. The maximum atomic E-state index is 10.5. The maximum Gasteiger partial charge on any atom is 0.252 e. The minimum atomic E-state index is -0.424. The molecule has 1 N–H and O–H groups in total. The fourth-order valence-electron chi connectivity index (χ4n) is 4.29. The van der Waals surface area contributed by atoms with Gasteiger partial charge in [0.25, 0.3) is 6.29 Å². The highest BCUT2D eigenvalue weighted by Crippen LogP contribution is 2.56. The molecule has 0 aromatic heterocycles. The molecule has 2 heterocycles. The molecule has 4 aromatic carbocycles. The van der Waals surface area contributed by atoms with E-state index in [1.54, 1.807) is 6.07 Å². The molecule has 0 radical (unpaired) electrons. The normalized spacial score (nSPS) is 20.0. The number of phenolic OH excluding ortho intramolecular Hbond substituents is 1. The van der Waals surface area contributed by atoms with Crippen LogP contribution in [0.15, 0.2) is 66.7 Å². The molecule has 2 aliphatic rings. The predicted molar refractivity (Wildman–Crippen MR) is 96.4 cm³/mol. The van der Waals surface area contributed by atoms with E-state index >= 15 is 0 Å². The van der Waals surface area contributed by atoms with Gasteiger partial charge in [-0.3, -0.25) is 0 Å². The van der Waals surface area contributed by atoms with Crippen molar-refractivity contribution in [3.63, 3.8) is 0 Å². The molecule has 0 saturated heterocycles. The Morgan fingerprint density at radius 3 is 2.28 bits per heavy atom. The second kappa shape index (κ2) is 4.45. The van der Waals surface area contributed by atoms with Crippen molar-refractivity contribution < 1.29 is 14.6 Å². The lowest BCUT2D eigenvalue weighted by molar-refractivity contribution is 0.0313. The van der Waals surface area contributed by atoms with Gasteiger partial charge in [-0.15, -0.1) is 0 Å². The van der Waals surface area contributed by atoms with E-state index < -0.39 is 6.29 Å². The molecule has 3 nitrogen and oxygen atoms in total. The van der Waals surface area contributed by atoms with Crippen LogP contribution in [0.4, 0.5) is 0 Å². The number of phenols is 1. The predicted octanol–water partition coefficient (Wildman–Crippen LogP) is 4.94. The lowest BCUT2D eigenvalue weighted by atomic mass is 9.86. The van der Waals surface area contributed by atoms with Crippen molar-refractivity contribution in [2.45, 2.75) is 12.2 Å². The number of fused-ring (bicyclic) bond motifs is 9. The number of aromatic hydroxyl groups is 1. The highest BCUT2D eigenvalue weighted by Gasteiger charge is 2.46. The molecule has 0 amide bonds. The third-order valence-electron chi connectivity index (χ3n) is 5.32. The quantitative estimate of drug-likeness (QED) is 0.497. The van der Waals surface area contributed by atoms with Crippen LogP contribution >= 0.6 is 0 Å². The topological polar surface area (TPSA) is 38.7 Å². The molecule has 0 spiro atoms. The summed E-state index contributed by atoms with van der Waals surface area (Å²) < 4.78 is 12.1. The van der Waals surface area contributed by atoms with Gasteiger partial charge in [0.15, 0.2) is 11.5 Å². The van der Waals surface area contributed by atoms with E-state index in [-0.39, 0.29) is 11.7 Å². The Kier molecular flexibility index (Phi) is 2.34. The number of hydrogen-bond acceptors (Lipinski definition) is 3. The van der Waals surface area contributed by atoms with E-state index in [9.17, 15) is 5.11 Å². The van der Waals surface area contributed by atoms with Crippen LogP contribution < -0.4 is 9.47 Å². The van der Waals surface area contributed by atoms with Crippen LogP contribution in [0, 0.1) is 0 Å². The maximum absolute atomic E-state index is 10.5. The minimum Gasteiger partial charge on any atom is -0.504 e. The van der Waals surface area contributed by atoms with Gasteiger partial charge in [-0.2, -0.15) is 0 Å². The Labute approximate surface area is 144 Å². The first kappa shape index (κ1) is 13.1. The first-order chi connectivity index (χ1) is 12.3. The average molecular weight is 326 g/mol. The van der Waals surface area contributed by atoms with Crippen LogP contribution in [0.5, 0.6) is 17.2 Å². The van der Waals surface area contributed by atoms with Gasteiger partial charge in [0, 0.05) is 11.1 Å². The molecule has 6 rings (SSSR count). The molecule has 25 heavy (non-hydrogen) atoms. The van der Waals surface area contributed by atoms with Crippen LogP contribution in [0.1, 0.15) is 17.0 Å². The van der Waals surface area contributed by atoms with E-state index in [0.29, 0.717) is 5.75 Å². The van der Waals surface area contributed by atoms with Crippen molar-refractivity contribution in [3.8, 4) is 17.2 Å². The van der Waals surface area contributed by atoms with Crippen molar-refractivity contribution >= 4 is 21.5 Å². The van der Waals surface area contributed by atoms with Crippen LogP contribution in [0.25, 0.3) is 21.5 Å². The first-order valence-corrected chi connectivity index (χ1v) is 8.41. The summed E-state index contributed by atoms with van der Waals surface area (Å²) in [4.78, 5) is 0. The second-order valence-electron chi connectivity index (χ2n) is 6.64. The molecule has 2 atom stereocenters. The van der Waals surface area contributed by atoms with Gasteiger partial charge in [0.2, 0.25) is 0 Å². The highest BCUT2D eigenvalue weighted by atomic mass is 16.7. The largest absolute Gasteiger partial charge is 0.504 e. The third kappa shape index (κ3) is 1.60. The van der Waals surface area contributed by atoms with E-state index in [1.165, 1.54) is 10.8 Å². The molecular weight excluding hydrogens is 312 g/mol. The van der Waals surface area contributed by atoms with E-state index in [4.69, 9.17) is 9.47 Å². The van der Waals surface area contributed by atoms with Crippen LogP contribution in [0.2, 0.25) is 0 Å². The number of ether oxygens (including phenoxy) is 2. The van der Waals surface area contributed by atoms with Crippen LogP contribution in [-0.2, 0) is 0 Å². The van der Waals surface area contributed by atoms with Crippen molar-refractivity contribution in [2.24, 2.45) is 0 Å². The summed E-state index contributed by atoms with van der Waals surface area (Å²) >= 11 is 0. The summed E-state index contributed by atoms with van der Waals surface area (Å²) in [7, 11) is 0. The fraction of sp³-hybridized carbons (Fsp3) is 0.0909. The standard InChI is InChI=1S/C22H14O3/c23-16-11-13-6-2-4-8-15(13)19-20-18-14-7-3-1-5-12(14)9-10-17(18)24-22(20)25-21(16)19/h1-11,20,22-23H/t20-,22+/m1/s1. The lowest BCUT2D eigenvalue weighted by Crippen LogP contribution is -2.19. The molecule has 0 fully saturated rings. The second-order valence-corrected chi connectivity index (χ2v) is 6.64. The Hall–Kier alpha value is -3.20. The van der Waals surface area contributed by atoms with Crippen molar-refractivity contribution in [1.82, 2.24) is 0 Å². The van der Waals surface area contributed by atoms with Crippen molar-refractivity contribution in [2.75, 3.05) is 0 Å². The molecule has 0 bridgehead atoms. The van der Waals surface area contributed by atoms with Crippen molar-refractivity contribution in [3.05, 3.63) is 77.9 Å². The molecule has 2 aliphatic heterocycles. The van der Waals surface area contributed by atoms with E-state index in [0.717, 1.165) is 27.6 Å². The lowest BCUT2D eigenvalue weighted by Gasteiger charge is -2.12. The number of rotatable bonds is 0. The number of hydrogen-bond donors (Lipinski definition) is 1. The van der Waals surface area contributed by atoms with Crippen LogP contribution in [0.3, 0.4) is 0 Å². The number of benzene rings is 4. The Bertz CT molecular complexity index is 1180. The smallest absolute Gasteiger partial charge is 0.252 e. The minimum absolute atomic E-state index is 0.0342. The summed E-state index contributed by atoms with van der Waals surface area (Å²) in [5, 5.41) is 14.9. The molecule has 0 saturated carbocycles. The Balaban J connectivity index is 1.73. The summed E-state index contributed by atoms with van der Waals surface area (Å²) in [5.74, 6) is 1.56. The van der Waals surface area contributed by atoms with E-state index in [2.05, 4.69) is 24.3 Å². The summed E-state index contributed by atoms with van der Waals surface area (Å²) in [6, 6.07) is 22.3. The molecule has 0 unspecified atom stereocenters. The zero-order valence-electron chi connectivity index (χ0n) is 13.3. The Morgan fingerprint density at radius 2 is 1.44 bits per heavy atom. The SMILES string of the molecule is Oc1cc2ccccc2c2c1O[C@@H]1Oc3ccc4ccccc4c3[C@H]21. The van der Waals surface area contributed by atoms with Crippen molar-refractivity contribution in [1.29, 1.82) is 0 Å². The van der Waals surface area contributed by atoms with Gasteiger partial charge in [-0.1, -0.05) is 54.6 Å². The zero-order valence-corrected chi connectivity index (χ0v) is 13.3. The van der Waals surface area contributed by atoms with Crippen LogP contribution in [-0.4, -0.2) is 11.4 Å². The molecule has 4 aromatic rings. The van der Waals surface area contributed by atoms with E-state index in [1.807, 2.05) is 36.4 Å². The molecule has 0 aliphatic carbocycles. The summed E-state index contributed by atoms with van der Waals surface area (Å²) in [5.41, 5.74) is 2.17. The van der Waals surface area contributed by atoms with Gasteiger partial charge in [0.1, 0.15) is 5.75 Å². The fourth-order valence-corrected chi connectivity index (χ4v) is 4.29. The first-order valence-electron chi connectivity index (χ1n) is 8.41. The van der Waals surface area contributed by atoms with Gasteiger partial charge < -0.3 is 14.6 Å². The van der Waals surface area contributed by atoms with Gasteiger partial charge in [-0.25, -0.2) is 0 Å². The third-order valence-corrected chi connectivity index (χ3v) is 5.32. The average Bonchev–Trinajstić information content (AvgIpc) is 3.18. The molecule has 3 heteroatoms. The summed E-state index contributed by atoms with van der Waals surface area (Å²) in [6.45, 7) is 0. The zero-order chi connectivity index (χ0) is 16.5. The monoisotopic (exact) mass is 326 g/mol. The Morgan fingerprint density at radius 1 is 0.720 bits per heavy atom. The van der Waals surface area contributed by atoms with Gasteiger partial charge >= 0.3 is 0 Å². The van der Waals surface area contributed by atoms with Gasteiger partial charge in [0.05, 0.1) is 5.92 Å². The highest BCUT2D eigenvalue weighted by molar-refractivity contribution is 5.95. The summed E-state index contributed by atoms with van der Waals surface area (Å²) in [6.07, 6.45) is -0.424. The van der Waals surface area contributed by atoms with Gasteiger partial charge in [-0.05, 0) is 33.7 Å².